The van der Waals surface area contributed by atoms with Crippen LogP contribution >= 0.6 is 0 Å². The second-order valence-corrected chi connectivity index (χ2v) is 7.34. The molecule has 0 aromatic heterocycles. The van der Waals surface area contributed by atoms with E-state index in [-0.39, 0.29) is 0 Å². The van der Waals surface area contributed by atoms with Gasteiger partial charge in [-0.3, -0.25) is 0 Å². The summed E-state index contributed by atoms with van der Waals surface area (Å²) >= 11 is 0. The Morgan fingerprint density at radius 2 is 0.967 bits per heavy atom. The molecule has 0 bridgehead atoms. The number of benzene rings is 4. The largest absolute Gasteiger partial charge is 0.380 e. The predicted octanol–water partition coefficient (Wildman–Crippen LogP) is 6.98. The molecule has 0 unspecified atom stereocenters. The molecule has 0 aliphatic heterocycles. The van der Waals surface area contributed by atoms with Gasteiger partial charge in [0, 0.05) is 14.2 Å². The van der Waals surface area contributed by atoms with Crippen LogP contribution in [0.2, 0.25) is 0 Å². The van der Waals surface area contributed by atoms with Crippen LogP contribution in [0.25, 0.3) is 33.4 Å². The van der Waals surface area contributed by atoms with Crippen molar-refractivity contribution in [2.45, 2.75) is 13.2 Å². The van der Waals surface area contributed by atoms with Crippen molar-refractivity contribution in [2.75, 3.05) is 14.2 Å². The molecule has 0 aliphatic carbocycles. The molecular weight excluding hydrogens is 368 g/mol. The van der Waals surface area contributed by atoms with E-state index < -0.39 is 0 Å². The molecule has 2 nitrogen and oxygen atoms in total. The number of ether oxygens (including phenoxy) is 2. The number of methoxy groups -OCH3 is 2. The van der Waals surface area contributed by atoms with E-state index >= 15 is 0 Å². The molecule has 0 saturated carbocycles. The molecule has 0 N–H and O–H groups in total. The topological polar surface area (TPSA) is 18.5 Å². The average molecular weight is 395 g/mol. The molecule has 4 rings (SSSR count). The van der Waals surface area contributed by atoms with Crippen molar-refractivity contribution in [1.29, 1.82) is 0 Å². The smallest absolute Gasteiger partial charge is 0.0719 e. The first-order chi connectivity index (χ1) is 14.8. The summed E-state index contributed by atoms with van der Waals surface area (Å²) in [6.07, 6.45) is 0. The van der Waals surface area contributed by atoms with Gasteiger partial charge < -0.3 is 9.47 Å². The maximum absolute atomic E-state index is 5.53. The van der Waals surface area contributed by atoms with Crippen molar-refractivity contribution in [2.24, 2.45) is 0 Å². The first kappa shape index (κ1) is 20.1. The second-order valence-electron chi connectivity index (χ2n) is 7.34. The first-order valence-electron chi connectivity index (χ1n) is 10.1. The third-order valence-electron chi connectivity index (χ3n) is 5.34. The number of rotatable bonds is 7. The van der Waals surface area contributed by atoms with E-state index in [1.807, 2.05) is 6.07 Å². The molecular formula is C28H26O2. The van der Waals surface area contributed by atoms with E-state index in [0.717, 1.165) is 0 Å². The van der Waals surface area contributed by atoms with Crippen LogP contribution < -0.4 is 0 Å². The Balaban J connectivity index is 1.70. The van der Waals surface area contributed by atoms with Crippen LogP contribution in [0.15, 0.2) is 97.1 Å². The van der Waals surface area contributed by atoms with Gasteiger partial charge in [-0.2, -0.15) is 0 Å². The number of hydrogen-bond donors (Lipinski definition) is 0. The van der Waals surface area contributed by atoms with Gasteiger partial charge in [0.05, 0.1) is 13.2 Å². The highest BCUT2D eigenvalue weighted by molar-refractivity contribution is 5.76. The molecule has 0 spiro atoms. The van der Waals surface area contributed by atoms with E-state index in [4.69, 9.17) is 9.47 Å². The summed E-state index contributed by atoms with van der Waals surface area (Å²) in [4.78, 5) is 0. The number of hydrogen-bond acceptors (Lipinski definition) is 2. The van der Waals surface area contributed by atoms with Crippen LogP contribution in [0.5, 0.6) is 0 Å². The van der Waals surface area contributed by atoms with E-state index in [9.17, 15) is 0 Å². The van der Waals surface area contributed by atoms with Crippen molar-refractivity contribution in [3.05, 3.63) is 108 Å². The molecule has 0 saturated heterocycles. The Kier molecular flexibility index (Phi) is 6.38. The minimum absolute atomic E-state index is 0.562. The fourth-order valence-corrected chi connectivity index (χ4v) is 3.86. The molecule has 0 radical (unpaired) electrons. The van der Waals surface area contributed by atoms with E-state index in [0.29, 0.717) is 13.2 Å². The second kappa shape index (κ2) is 9.53. The van der Waals surface area contributed by atoms with Gasteiger partial charge in [0.25, 0.3) is 0 Å². The van der Waals surface area contributed by atoms with E-state index in [1.54, 1.807) is 14.2 Å². The lowest BCUT2D eigenvalue weighted by atomic mass is 9.92. The molecule has 0 amide bonds. The first-order valence-corrected chi connectivity index (χ1v) is 10.1. The third-order valence-corrected chi connectivity index (χ3v) is 5.34. The molecule has 0 aliphatic rings. The maximum Gasteiger partial charge on any atom is 0.0719 e. The predicted molar refractivity (Wildman–Crippen MR) is 124 cm³/mol. The van der Waals surface area contributed by atoms with Crippen LogP contribution in [-0.2, 0) is 22.7 Å². The summed E-state index contributed by atoms with van der Waals surface area (Å²) in [5.74, 6) is 0. The van der Waals surface area contributed by atoms with Crippen molar-refractivity contribution in [3.8, 4) is 33.4 Å². The Morgan fingerprint density at radius 3 is 1.67 bits per heavy atom. The molecule has 0 heterocycles. The lowest BCUT2D eigenvalue weighted by Gasteiger charge is -2.15. The summed E-state index contributed by atoms with van der Waals surface area (Å²) in [7, 11) is 3.47. The zero-order valence-corrected chi connectivity index (χ0v) is 17.5. The lowest BCUT2D eigenvalue weighted by molar-refractivity contribution is 0.184. The molecule has 2 heteroatoms. The zero-order valence-electron chi connectivity index (χ0n) is 17.5. The molecule has 4 aromatic carbocycles. The van der Waals surface area contributed by atoms with E-state index in [1.165, 1.54) is 44.5 Å². The van der Waals surface area contributed by atoms with Crippen molar-refractivity contribution in [3.63, 3.8) is 0 Å². The molecule has 150 valence electrons. The summed E-state index contributed by atoms with van der Waals surface area (Å²) in [6.45, 7) is 1.15. The van der Waals surface area contributed by atoms with Gasteiger partial charge in [0.1, 0.15) is 0 Å². The molecule has 0 fully saturated rings. The monoisotopic (exact) mass is 394 g/mol. The third kappa shape index (κ3) is 4.35. The van der Waals surface area contributed by atoms with Crippen LogP contribution in [0.4, 0.5) is 0 Å². The minimum atomic E-state index is 0.562. The van der Waals surface area contributed by atoms with Gasteiger partial charge >= 0.3 is 0 Å². The Labute approximate surface area is 178 Å². The zero-order chi connectivity index (χ0) is 20.8. The summed E-state index contributed by atoms with van der Waals surface area (Å²) in [5, 5.41) is 0. The normalized spacial score (nSPS) is 10.9. The molecule has 0 atom stereocenters. The summed E-state index contributed by atoms with van der Waals surface area (Å²) in [5.41, 5.74) is 9.57. The maximum atomic E-state index is 5.53. The van der Waals surface area contributed by atoms with E-state index in [2.05, 4.69) is 91.0 Å². The fourth-order valence-electron chi connectivity index (χ4n) is 3.86. The standard InChI is InChI=1S/C28H26O2/c1-29-19-25-10-6-7-11-27(25)28-17-16-24(18-26(28)20-30-2)23-14-12-22(13-15-23)21-8-4-3-5-9-21/h3-18H,19-20H2,1-2H3. The van der Waals surface area contributed by atoms with Crippen LogP contribution in [0, 0.1) is 0 Å². The Morgan fingerprint density at radius 1 is 0.467 bits per heavy atom. The van der Waals surface area contributed by atoms with Crippen LogP contribution in [0.1, 0.15) is 11.1 Å². The summed E-state index contributed by atoms with van der Waals surface area (Å²) < 4.78 is 10.9. The highest BCUT2D eigenvalue weighted by atomic mass is 16.5. The van der Waals surface area contributed by atoms with Crippen LogP contribution in [-0.4, -0.2) is 14.2 Å². The Bertz CT molecular complexity index is 1100. The van der Waals surface area contributed by atoms with Gasteiger partial charge in [0.15, 0.2) is 0 Å². The van der Waals surface area contributed by atoms with Crippen molar-refractivity contribution < 1.29 is 9.47 Å². The van der Waals surface area contributed by atoms with Crippen molar-refractivity contribution in [1.82, 2.24) is 0 Å². The quantitative estimate of drug-likeness (QED) is 0.337. The summed E-state index contributed by atoms with van der Waals surface area (Å²) in [6, 6.07) is 34.2. The molecule has 4 aromatic rings. The van der Waals surface area contributed by atoms with Gasteiger partial charge in [-0.1, -0.05) is 91.0 Å². The lowest BCUT2D eigenvalue weighted by Crippen LogP contribution is -1.97. The minimum Gasteiger partial charge on any atom is -0.380 e. The Hall–Kier alpha value is -3.20. The van der Waals surface area contributed by atoms with Gasteiger partial charge in [0.2, 0.25) is 0 Å². The van der Waals surface area contributed by atoms with Gasteiger partial charge in [-0.15, -0.1) is 0 Å². The van der Waals surface area contributed by atoms with Gasteiger partial charge in [-0.25, -0.2) is 0 Å². The van der Waals surface area contributed by atoms with Gasteiger partial charge in [-0.05, 0) is 50.6 Å². The average Bonchev–Trinajstić information content (AvgIpc) is 2.81. The SMILES string of the molecule is COCc1ccccc1-c1ccc(-c2ccc(-c3ccccc3)cc2)cc1COC. The highest BCUT2D eigenvalue weighted by Gasteiger charge is 2.11. The fraction of sp³-hybridized carbons (Fsp3) is 0.143. The van der Waals surface area contributed by atoms with Crippen LogP contribution in [0.3, 0.4) is 0 Å². The highest BCUT2D eigenvalue weighted by Crippen LogP contribution is 2.32. The van der Waals surface area contributed by atoms with Crippen molar-refractivity contribution >= 4 is 0 Å². The molecule has 30 heavy (non-hydrogen) atoms.